The Morgan fingerprint density at radius 1 is 1.12 bits per heavy atom. The zero-order valence-corrected chi connectivity index (χ0v) is 21.9. The third-order valence-corrected chi connectivity index (χ3v) is 7.21. The summed E-state index contributed by atoms with van der Waals surface area (Å²) in [4.78, 5) is 28.3. The van der Waals surface area contributed by atoms with Crippen molar-refractivity contribution in [1.29, 1.82) is 0 Å². The highest BCUT2D eigenvalue weighted by Crippen LogP contribution is 2.23. The Morgan fingerprint density at radius 2 is 1.88 bits per heavy atom. The molecule has 1 atom stereocenters. The number of aryl methyl sites for hydroxylation is 1. The van der Waals surface area contributed by atoms with Crippen molar-refractivity contribution in [3.63, 3.8) is 0 Å². The third-order valence-electron chi connectivity index (χ3n) is 6.32. The molecule has 7 heteroatoms. The predicted octanol–water partition coefficient (Wildman–Crippen LogP) is 5.40. The summed E-state index contributed by atoms with van der Waals surface area (Å²) >= 11 is 3.48. The fourth-order valence-electron chi connectivity index (χ4n) is 4.37. The van der Waals surface area contributed by atoms with E-state index in [1.165, 1.54) is 6.42 Å². The average molecular weight is 531 g/mol. The van der Waals surface area contributed by atoms with Crippen LogP contribution in [-0.4, -0.2) is 42.5 Å². The minimum Gasteiger partial charge on any atom is -0.497 e. The maximum absolute atomic E-state index is 13.4. The van der Waals surface area contributed by atoms with Gasteiger partial charge < -0.3 is 19.7 Å². The van der Waals surface area contributed by atoms with Crippen molar-refractivity contribution in [1.82, 2.24) is 10.2 Å². The summed E-state index contributed by atoms with van der Waals surface area (Å²) in [5, 5.41) is 3.20. The molecule has 0 heterocycles. The van der Waals surface area contributed by atoms with E-state index in [9.17, 15) is 9.59 Å². The molecule has 3 rings (SSSR count). The molecule has 1 N–H and O–H groups in total. The van der Waals surface area contributed by atoms with Crippen molar-refractivity contribution in [2.24, 2.45) is 0 Å². The second-order valence-corrected chi connectivity index (χ2v) is 9.69. The van der Waals surface area contributed by atoms with Crippen LogP contribution in [0, 0.1) is 6.92 Å². The van der Waals surface area contributed by atoms with Gasteiger partial charge in [0, 0.05) is 17.1 Å². The molecule has 0 radical (unpaired) electrons. The van der Waals surface area contributed by atoms with Crippen LogP contribution in [0.15, 0.2) is 46.9 Å². The molecule has 184 valence electrons. The molecule has 1 aliphatic rings. The molecule has 0 aliphatic heterocycles. The van der Waals surface area contributed by atoms with Crippen LogP contribution in [0.2, 0.25) is 0 Å². The van der Waals surface area contributed by atoms with Crippen molar-refractivity contribution in [2.75, 3.05) is 13.7 Å². The van der Waals surface area contributed by atoms with E-state index in [0.29, 0.717) is 24.5 Å². The van der Waals surface area contributed by atoms with Gasteiger partial charge in [-0.15, -0.1) is 0 Å². The van der Waals surface area contributed by atoms with Crippen molar-refractivity contribution in [3.05, 3.63) is 58.1 Å². The summed E-state index contributed by atoms with van der Waals surface area (Å²) in [6.45, 7) is 4.07. The van der Waals surface area contributed by atoms with E-state index in [-0.39, 0.29) is 24.5 Å². The first kappa shape index (κ1) is 26.1. The number of hydrogen-bond donors (Lipinski definition) is 1. The molecule has 1 aliphatic carbocycles. The van der Waals surface area contributed by atoms with E-state index in [1.807, 2.05) is 56.3 Å². The fourth-order valence-corrected chi connectivity index (χ4v) is 4.61. The molecule has 0 bridgehead atoms. The van der Waals surface area contributed by atoms with Crippen LogP contribution < -0.4 is 14.8 Å². The lowest BCUT2D eigenvalue weighted by Gasteiger charge is -2.32. The van der Waals surface area contributed by atoms with Crippen molar-refractivity contribution < 1.29 is 19.1 Å². The maximum atomic E-state index is 13.4. The highest BCUT2D eigenvalue weighted by atomic mass is 79.9. The molecule has 0 aromatic heterocycles. The van der Waals surface area contributed by atoms with Crippen LogP contribution in [0.4, 0.5) is 0 Å². The SMILES string of the molecule is CCC(C(=O)NC1CCCCC1)N(Cc1cccc(OC)c1)C(=O)COc1ccc(Br)c(C)c1. The summed E-state index contributed by atoms with van der Waals surface area (Å²) < 4.78 is 12.2. The normalized spacial score (nSPS) is 14.8. The number of carbonyl (C=O) groups is 2. The molecule has 6 nitrogen and oxygen atoms in total. The molecule has 2 aromatic rings. The van der Waals surface area contributed by atoms with Crippen molar-refractivity contribution >= 4 is 27.7 Å². The quantitative estimate of drug-likeness (QED) is 0.446. The van der Waals surface area contributed by atoms with Gasteiger partial charge >= 0.3 is 0 Å². The summed E-state index contributed by atoms with van der Waals surface area (Å²) in [5.41, 5.74) is 1.92. The van der Waals surface area contributed by atoms with Gasteiger partial charge in [0.15, 0.2) is 6.61 Å². The monoisotopic (exact) mass is 530 g/mol. The number of ether oxygens (including phenoxy) is 2. The summed E-state index contributed by atoms with van der Waals surface area (Å²) in [6, 6.07) is 12.8. The average Bonchev–Trinajstić information content (AvgIpc) is 2.85. The van der Waals surface area contributed by atoms with Crippen LogP contribution in [-0.2, 0) is 16.1 Å². The Kier molecular flexibility index (Phi) is 9.81. The minimum absolute atomic E-state index is 0.0925. The Hall–Kier alpha value is -2.54. The standard InChI is InChI=1S/C27H35BrN2O4/c1-4-25(27(32)29-21-10-6-5-7-11-21)30(17-20-9-8-12-22(16-20)33-3)26(31)18-34-23-13-14-24(28)19(2)15-23/h8-9,12-16,21,25H,4-7,10-11,17-18H2,1-3H3,(H,29,32). The van der Waals surface area contributed by atoms with Gasteiger partial charge in [-0.1, -0.05) is 54.2 Å². The second-order valence-electron chi connectivity index (χ2n) is 8.84. The lowest BCUT2D eigenvalue weighted by Crippen LogP contribution is -2.52. The smallest absolute Gasteiger partial charge is 0.261 e. The number of rotatable bonds is 10. The van der Waals surface area contributed by atoms with Crippen LogP contribution in [0.5, 0.6) is 11.5 Å². The van der Waals surface area contributed by atoms with Gasteiger partial charge in [0.05, 0.1) is 7.11 Å². The predicted molar refractivity (Wildman–Crippen MR) is 137 cm³/mol. The van der Waals surface area contributed by atoms with Crippen LogP contribution in [0.25, 0.3) is 0 Å². The Labute approximate surface area is 211 Å². The van der Waals surface area contributed by atoms with Gasteiger partial charge in [-0.05, 0) is 67.6 Å². The number of methoxy groups -OCH3 is 1. The lowest BCUT2D eigenvalue weighted by atomic mass is 9.95. The molecular formula is C27H35BrN2O4. The number of benzene rings is 2. The Morgan fingerprint density at radius 3 is 2.56 bits per heavy atom. The molecule has 0 saturated heterocycles. The summed E-state index contributed by atoms with van der Waals surface area (Å²) in [7, 11) is 1.61. The largest absolute Gasteiger partial charge is 0.497 e. The van der Waals surface area contributed by atoms with Crippen LogP contribution in [0.3, 0.4) is 0 Å². The molecule has 34 heavy (non-hydrogen) atoms. The van der Waals surface area contributed by atoms with Gasteiger partial charge in [-0.25, -0.2) is 0 Å². The number of nitrogens with zero attached hydrogens (tertiary/aromatic N) is 1. The van der Waals surface area contributed by atoms with Crippen molar-refractivity contribution in [3.8, 4) is 11.5 Å². The first-order chi connectivity index (χ1) is 16.4. The van der Waals surface area contributed by atoms with E-state index >= 15 is 0 Å². The second kappa shape index (κ2) is 12.8. The van der Waals surface area contributed by atoms with Gasteiger partial charge in [0.1, 0.15) is 17.5 Å². The molecule has 2 aromatic carbocycles. The fraction of sp³-hybridized carbons (Fsp3) is 0.481. The molecule has 2 amide bonds. The van der Waals surface area contributed by atoms with E-state index in [0.717, 1.165) is 41.3 Å². The molecular weight excluding hydrogens is 496 g/mol. The van der Waals surface area contributed by atoms with Gasteiger partial charge in [-0.2, -0.15) is 0 Å². The van der Waals surface area contributed by atoms with E-state index in [2.05, 4.69) is 21.2 Å². The van der Waals surface area contributed by atoms with Gasteiger partial charge in [-0.3, -0.25) is 9.59 Å². The van der Waals surface area contributed by atoms with E-state index in [1.54, 1.807) is 12.0 Å². The third kappa shape index (κ3) is 7.23. The molecule has 0 spiro atoms. The molecule has 1 unspecified atom stereocenters. The van der Waals surface area contributed by atoms with Gasteiger partial charge in [0.25, 0.3) is 5.91 Å². The first-order valence-corrected chi connectivity index (χ1v) is 12.8. The molecule has 1 fully saturated rings. The van der Waals surface area contributed by atoms with Crippen LogP contribution >= 0.6 is 15.9 Å². The first-order valence-electron chi connectivity index (χ1n) is 12.0. The minimum atomic E-state index is -0.573. The topological polar surface area (TPSA) is 67.9 Å². The highest BCUT2D eigenvalue weighted by molar-refractivity contribution is 9.10. The number of nitrogens with one attached hydrogen (secondary N) is 1. The van der Waals surface area contributed by atoms with Crippen molar-refractivity contribution in [2.45, 2.75) is 71.0 Å². The Bertz CT molecular complexity index is 975. The maximum Gasteiger partial charge on any atom is 0.261 e. The number of halogens is 1. The zero-order valence-electron chi connectivity index (χ0n) is 20.3. The highest BCUT2D eigenvalue weighted by Gasteiger charge is 2.30. The van der Waals surface area contributed by atoms with Gasteiger partial charge in [0.2, 0.25) is 5.91 Å². The zero-order chi connectivity index (χ0) is 24.5. The van der Waals surface area contributed by atoms with Crippen LogP contribution in [0.1, 0.15) is 56.6 Å². The van der Waals surface area contributed by atoms with E-state index < -0.39 is 6.04 Å². The summed E-state index contributed by atoms with van der Waals surface area (Å²) in [6.07, 6.45) is 6.00. The summed E-state index contributed by atoms with van der Waals surface area (Å²) in [5.74, 6) is 1.01. The Balaban J connectivity index is 1.77. The number of amides is 2. The lowest BCUT2D eigenvalue weighted by molar-refractivity contribution is -0.143. The molecule has 1 saturated carbocycles. The number of carbonyl (C=O) groups excluding carboxylic acids is 2. The number of hydrogen-bond acceptors (Lipinski definition) is 4. The van der Waals surface area contributed by atoms with E-state index in [4.69, 9.17) is 9.47 Å².